The number of H-pyrrole nitrogens is 1. The Bertz CT molecular complexity index is 713. The number of nitrogens with zero attached hydrogens (tertiary/aromatic N) is 2. The van der Waals surface area contributed by atoms with Gasteiger partial charge < -0.3 is 9.84 Å². The topological polar surface area (TPSA) is 113 Å². The second kappa shape index (κ2) is 5.96. The van der Waals surface area contributed by atoms with Gasteiger partial charge in [0.2, 0.25) is 10.0 Å². The molecule has 0 fully saturated rings. The Balaban J connectivity index is 2.25. The van der Waals surface area contributed by atoms with Gasteiger partial charge in [-0.3, -0.25) is 5.10 Å². The first kappa shape index (κ1) is 15.7. The Morgan fingerprint density at radius 2 is 1.95 bits per heavy atom. The zero-order valence-electron chi connectivity index (χ0n) is 12.4. The van der Waals surface area contributed by atoms with E-state index in [2.05, 4.69) is 25.4 Å². The molecule has 0 atom stereocenters. The number of rotatable bonds is 6. The van der Waals surface area contributed by atoms with E-state index in [1.54, 1.807) is 27.8 Å². The van der Waals surface area contributed by atoms with Gasteiger partial charge >= 0.3 is 0 Å². The summed E-state index contributed by atoms with van der Waals surface area (Å²) in [5.41, 5.74) is 2.39. The molecule has 2 rings (SSSR count). The minimum Gasteiger partial charge on any atom is -0.361 e. The first-order valence-corrected chi connectivity index (χ1v) is 7.95. The highest BCUT2D eigenvalue weighted by Gasteiger charge is 2.24. The molecule has 0 spiro atoms. The van der Waals surface area contributed by atoms with Crippen LogP contribution in [0.3, 0.4) is 0 Å². The van der Waals surface area contributed by atoms with Gasteiger partial charge in [-0.2, -0.15) is 5.10 Å². The Morgan fingerprint density at radius 3 is 2.52 bits per heavy atom. The molecule has 0 saturated heterocycles. The van der Waals surface area contributed by atoms with Crippen molar-refractivity contribution in [2.45, 2.75) is 38.8 Å². The molecule has 2 aromatic rings. The molecule has 9 heteroatoms. The van der Waals surface area contributed by atoms with Crippen LogP contribution in [0, 0.1) is 20.8 Å². The van der Waals surface area contributed by atoms with Gasteiger partial charge in [-0.05, 0) is 27.8 Å². The van der Waals surface area contributed by atoms with Crippen LogP contribution in [0.2, 0.25) is 0 Å². The van der Waals surface area contributed by atoms with Gasteiger partial charge in [0.25, 0.3) is 0 Å². The molecule has 2 heterocycles. The van der Waals surface area contributed by atoms with Gasteiger partial charge in [-0.1, -0.05) is 5.16 Å². The SMILES string of the molecule is CNCc1n[nH]c(C)c1S(=O)(=O)NCc1c(C)noc1C. The minimum absolute atomic E-state index is 0.132. The van der Waals surface area contributed by atoms with Crippen molar-refractivity contribution in [2.75, 3.05) is 7.05 Å². The number of hydrogen-bond donors (Lipinski definition) is 3. The van der Waals surface area contributed by atoms with Crippen molar-refractivity contribution in [2.24, 2.45) is 0 Å². The van der Waals surface area contributed by atoms with E-state index in [-0.39, 0.29) is 11.4 Å². The van der Waals surface area contributed by atoms with Gasteiger partial charge in [0.05, 0.1) is 17.1 Å². The summed E-state index contributed by atoms with van der Waals surface area (Å²) >= 11 is 0. The average Bonchev–Trinajstić information content (AvgIpc) is 2.92. The second-order valence-electron chi connectivity index (χ2n) is 4.78. The molecule has 0 aliphatic rings. The number of aromatic amines is 1. The molecule has 0 aromatic carbocycles. The number of hydrogen-bond acceptors (Lipinski definition) is 6. The summed E-state index contributed by atoms with van der Waals surface area (Å²) in [6.07, 6.45) is 0. The lowest BCUT2D eigenvalue weighted by atomic mass is 10.2. The Labute approximate surface area is 123 Å². The molecule has 8 nitrogen and oxygen atoms in total. The molecule has 0 aliphatic carbocycles. The summed E-state index contributed by atoms with van der Waals surface area (Å²) in [6, 6.07) is 0. The first-order chi connectivity index (χ1) is 9.86. The van der Waals surface area contributed by atoms with Crippen LogP contribution in [0.25, 0.3) is 0 Å². The van der Waals surface area contributed by atoms with Crippen molar-refractivity contribution in [3.8, 4) is 0 Å². The highest BCUT2D eigenvalue weighted by Crippen LogP contribution is 2.19. The van der Waals surface area contributed by atoms with Crippen molar-refractivity contribution in [1.29, 1.82) is 0 Å². The lowest BCUT2D eigenvalue weighted by Crippen LogP contribution is -2.25. The van der Waals surface area contributed by atoms with Crippen molar-refractivity contribution in [3.05, 3.63) is 28.4 Å². The van der Waals surface area contributed by atoms with Crippen LogP contribution in [-0.4, -0.2) is 30.8 Å². The maximum absolute atomic E-state index is 12.5. The predicted octanol–water partition coefficient (Wildman–Crippen LogP) is 0.521. The number of sulfonamides is 1. The molecule has 3 N–H and O–H groups in total. The van der Waals surface area contributed by atoms with Crippen LogP contribution in [0.1, 0.15) is 28.4 Å². The smallest absolute Gasteiger partial charge is 0.244 e. The second-order valence-corrected chi connectivity index (χ2v) is 6.49. The fraction of sp³-hybridized carbons (Fsp3) is 0.500. The van der Waals surface area contributed by atoms with E-state index >= 15 is 0 Å². The van der Waals surface area contributed by atoms with Crippen LogP contribution in [0.15, 0.2) is 9.42 Å². The summed E-state index contributed by atoms with van der Waals surface area (Å²) in [5.74, 6) is 0.606. The highest BCUT2D eigenvalue weighted by atomic mass is 32.2. The van der Waals surface area contributed by atoms with Crippen LogP contribution < -0.4 is 10.0 Å². The maximum Gasteiger partial charge on any atom is 0.244 e. The molecule has 0 unspecified atom stereocenters. The number of aromatic nitrogens is 3. The Morgan fingerprint density at radius 1 is 1.24 bits per heavy atom. The van der Waals surface area contributed by atoms with Gasteiger partial charge in [0.1, 0.15) is 10.7 Å². The number of aryl methyl sites for hydroxylation is 3. The summed E-state index contributed by atoms with van der Waals surface area (Å²) in [5, 5.41) is 13.4. The largest absolute Gasteiger partial charge is 0.361 e. The van der Waals surface area contributed by atoms with E-state index in [1.807, 2.05) is 0 Å². The van der Waals surface area contributed by atoms with E-state index in [1.165, 1.54) is 0 Å². The van der Waals surface area contributed by atoms with E-state index in [0.29, 0.717) is 29.4 Å². The van der Waals surface area contributed by atoms with E-state index < -0.39 is 10.0 Å². The zero-order valence-corrected chi connectivity index (χ0v) is 13.3. The van der Waals surface area contributed by atoms with E-state index in [0.717, 1.165) is 5.56 Å². The third kappa shape index (κ3) is 3.14. The average molecular weight is 313 g/mol. The molecular formula is C12H19N5O3S. The molecular weight excluding hydrogens is 294 g/mol. The van der Waals surface area contributed by atoms with Gasteiger partial charge in [-0.15, -0.1) is 0 Å². The fourth-order valence-electron chi connectivity index (χ4n) is 2.11. The van der Waals surface area contributed by atoms with E-state index in [4.69, 9.17) is 4.52 Å². The van der Waals surface area contributed by atoms with Crippen LogP contribution >= 0.6 is 0 Å². The maximum atomic E-state index is 12.5. The molecule has 0 saturated carbocycles. The fourth-order valence-corrected chi connectivity index (χ4v) is 3.46. The molecule has 0 bridgehead atoms. The molecule has 21 heavy (non-hydrogen) atoms. The molecule has 0 amide bonds. The van der Waals surface area contributed by atoms with Crippen molar-refractivity contribution in [3.63, 3.8) is 0 Å². The zero-order chi connectivity index (χ0) is 15.6. The highest BCUT2D eigenvalue weighted by molar-refractivity contribution is 7.89. The summed E-state index contributed by atoms with van der Waals surface area (Å²) < 4.78 is 32.5. The van der Waals surface area contributed by atoms with E-state index in [9.17, 15) is 8.42 Å². The minimum atomic E-state index is -3.66. The molecule has 0 radical (unpaired) electrons. The monoisotopic (exact) mass is 313 g/mol. The molecule has 2 aromatic heterocycles. The van der Waals surface area contributed by atoms with Crippen molar-refractivity contribution < 1.29 is 12.9 Å². The van der Waals surface area contributed by atoms with Crippen molar-refractivity contribution >= 4 is 10.0 Å². The van der Waals surface area contributed by atoms with Crippen LogP contribution in [0.4, 0.5) is 0 Å². The normalized spacial score (nSPS) is 12.0. The third-order valence-electron chi connectivity index (χ3n) is 3.19. The lowest BCUT2D eigenvalue weighted by molar-refractivity contribution is 0.392. The summed E-state index contributed by atoms with van der Waals surface area (Å²) in [4.78, 5) is 0.184. The van der Waals surface area contributed by atoms with Crippen molar-refractivity contribution in [1.82, 2.24) is 25.4 Å². The standard InChI is InChI=1S/C12H19N5O3S/c1-7-10(9(3)20-17-7)5-14-21(18,19)12-8(2)15-16-11(12)6-13-4/h13-14H,5-6H2,1-4H3,(H,15,16). The lowest BCUT2D eigenvalue weighted by Gasteiger charge is -2.07. The Hall–Kier alpha value is -1.71. The van der Waals surface area contributed by atoms with Gasteiger partial charge in [0.15, 0.2) is 0 Å². The Kier molecular flexibility index (Phi) is 4.45. The quantitative estimate of drug-likeness (QED) is 0.716. The summed E-state index contributed by atoms with van der Waals surface area (Å²) in [6.45, 7) is 5.70. The van der Waals surface area contributed by atoms with Crippen LogP contribution in [0.5, 0.6) is 0 Å². The predicted molar refractivity (Wildman–Crippen MR) is 76.1 cm³/mol. The first-order valence-electron chi connectivity index (χ1n) is 6.46. The molecule has 0 aliphatic heterocycles. The number of nitrogens with one attached hydrogen (secondary N) is 3. The molecule has 116 valence electrons. The van der Waals surface area contributed by atoms with Gasteiger partial charge in [0, 0.05) is 18.7 Å². The summed E-state index contributed by atoms with van der Waals surface area (Å²) in [7, 11) is -1.93. The van der Waals surface area contributed by atoms with Crippen LogP contribution in [-0.2, 0) is 23.1 Å². The van der Waals surface area contributed by atoms with Gasteiger partial charge in [-0.25, -0.2) is 13.1 Å². The third-order valence-corrected chi connectivity index (χ3v) is 4.80.